The summed E-state index contributed by atoms with van der Waals surface area (Å²) in [5.41, 5.74) is 3.77. The van der Waals surface area contributed by atoms with E-state index >= 15 is 0 Å². The van der Waals surface area contributed by atoms with Crippen LogP contribution < -0.4 is 5.32 Å². The van der Waals surface area contributed by atoms with Crippen LogP contribution in [0.15, 0.2) is 60.7 Å². The van der Waals surface area contributed by atoms with E-state index < -0.39 is 11.9 Å². The number of nitrogens with zero attached hydrogens (tertiary/aromatic N) is 1. The van der Waals surface area contributed by atoms with Gasteiger partial charge in [-0.15, -0.1) is 0 Å². The molecule has 2 aliphatic carbocycles. The van der Waals surface area contributed by atoms with Gasteiger partial charge in [-0.1, -0.05) is 48.5 Å². The summed E-state index contributed by atoms with van der Waals surface area (Å²) >= 11 is 0. The third-order valence-electron chi connectivity index (χ3n) is 5.69. The molecule has 0 fully saturated rings. The standard InChI is InChI=1S/C28H24N2O4/c1-4-33-27(31)23-17(3)22-20-15-11-7-10-14-19(20)21(16-29)24(22)26(25(23)28(32)34-5-2)30-18-12-8-6-9-13-18/h6-15,30H,4-5H2,1-3H3. The summed E-state index contributed by atoms with van der Waals surface area (Å²) < 4.78 is 10.7. The number of nitrogens with one attached hydrogen (secondary N) is 1. The van der Waals surface area contributed by atoms with Crippen molar-refractivity contribution in [1.29, 1.82) is 5.26 Å². The van der Waals surface area contributed by atoms with E-state index in [1.54, 1.807) is 20.8 Å². The first-order valence-electron chi connectivity index (χ1n) is 11.1. The first kappa shape index (κ1) is 22.8. The van der Waals surface area contributed by atoms with Gasteiger partial charge in [0.05, 0.1) is 35.6 Å². The molecule has 170 valence electrons. The monoisotopic (exact) mass is 452 g/mol. The van der Waals surface area contributed by atoms with E-state index in [1.807, 2.05) is 60.7 Å². The van der Waals surface area contributed by atoms with Crippen LogP contribution in [0, 0.1) is 18.3 Å². The molecule has 2 aliphatic rings. The molecule has 0 heterocycles. The maximum absolute atomic E-state index is 13.3. The molecule has 0 amide bonds. The normalized spacial score (nSPS) is 10.6. The number of fused-ring (bicyclic) bond motifs is 3. The number of para-hydroxylation sites is 1. The van der Waals surface area contributed by atoms with Crippen LogP contribution in [0.2, 0.25) is 0 Å². The summed E-state index contributed by atoms with van der Waals surface area (Å²) in [4.78, 5) is 26.5. The molecule has 2 aromatic rings. The number of anilines is 2. The SMILES string of the molecule is CCOC(=O)c1c(C(=O)OCC)c(Nc2ccccc2)c2c(C#N)c3cccccc-3c2c1C. The van der Waals surface area contributed by atoms with Crippen molar-refractivity contribution in [2.24, 2.45) is 0 Å². The quantitative estimate of drug-likeness (QED) is 0.349. The molecular formula is C28H24N2O4. The lowest BCUT2D eigenvalue weighted by Gasteiger charge is -2.19. The number of ether oxygens (including phenoxy) is 2. The van der Waals surface area contributed by atoms with E-state index in [9.17, 15) is 14.9 Å². The topological polar surface area (TPSA) is 88.4 Å². The number of benzene rings is 2. The third-order valence-corrected chi connectivity index (χ3v) is 5.69. The second-order valence-electron chi connectivity index (χ2n) is 7.66. The minimum absolute atomic E-state index is 0.0605. The lowest BCUT2D eigenvalue weighted by Crippen LogP contribution is -2.18. The van der Waals surface area contributed by atoms with Crippen molar-refractivity contribution in [2.45, 2.75) is 20.8 Å². The minimum Gasteiger partial charge on any atom is -0.462 e. The molecule has 0 aliphatic heterocycles. The molecule has 0 saturated carbocycles. The highest BCUT2D eigenvalue weighted by Crippen LogP contribution is 2.47. The maximum atomic E-state index is 13.3. The molecule has 0 bridgehead atoms. The Morgan fingerprint density at radius 1 is 0.824 bits per heavy atom. The molecule has 0 radical (unpaired) electrons. The van der Waals surface area contributed by atoms with Gasteiger partial charge in [0.2, 0.25) is 0 Å². The Hall–Kier alpha value is -4.37. The Kier molecular flexibility index (Phi) is 6.46. The summed E-state index contributed by atoms with van der Waals surface area (Å²) in [5, 5.41) is 14.8. The van der Waals surface area contributed by atoms with Gasteiger partial charge >= 0.3 is 11.9 Å². The van der Waals surface area contributed by atoms with E-state index in [-0.39, 0.29) is 24.3 Å². The van der Waals surface area contributed by atoms with Crippen LogP contribution in [0.3, 0.4) is 0 Å². The number of nitriles is 1. The summed E-state index contributed by atoms with van der Waals surface area (Å²) in [7, 11) is 0. The smallest absolute Gasteiger partial charge is 0.341 e. The van der Waals surface area contributed by atoms with E-state index in [4.69, 9.17) is 9.47 Å². The molecule has 34 heavy (non-hydrogen) atoms. The zero-order chi connectivity index (χ0) is 24.2. The van der Waals surface area contributed by atoms with Crippen molar-refractivity contribution in [3.63, 3.8) is 0 Å². The van der Waals surface area contributed by atoms with E-state index in [2.05, 4.69) is 11.4 Å². The van der Waals surface area contributed by atoms with Crippen LogP contribution in [0.5, 0.6) is 0 Å². The number of hydrogen-bond donors (Lipinski definition) is 1. The maximum Gasteiger partial charge on any atom is 0.341 e. The first-order valence-corrected chi connectivity index (χ1v) is 11.1. The van der Waals surface area contributed by atoms with Crippen molar-refractivity contribution >= 4 is 34.1 Å². The third kappa shape index (κ3) is 3.82. The Labute approximate surface area is 198 Å². The van der Waals surface area contributed by atoms with Crippen LogP contribution in [0.25, 0.3) is 21.9 Å². The molecule has 0 unspecified atom stereocenters. The summed E-state index contributed by atoms with van der Waals surface area (Å²) in [6, 6.07) is 21.0. The van der Waals surface area contributed by atoms with Crippen LogP contribution in [0.4, 0.5) is 11.4 Å². The lowest BCUT2D eigenvalue weighted by molar-refractivity contribution is 0.0479. The van der Waals surface area contributed by atoms with Crippen molar-refractivity contribution in [3.05, 3.63) is 82.9 Å². The fraction of sp³-hybridized carbons (Fsp3) is 0.179. The summed E-state index contributed by atoms with van der Waals surface area (Å²) in [5.74, 6) is -1.28. The van der Waals surface area contributed by atoms with Gasteiger partial charge in [0.15, 0.2) is 0 Å². The highest BCUT2D eigenvalue weighted by Gasteiger charge is 2.33. The predicted octanol–water partition coefficient (Wildman–Crippen LogP) is 6.22. The zero-order valence-corrected chi connectivity index (χ0v) is 19.3. The molecule has 0 atom stereocenters. The molecule has 0 spiro atoms. The number of carbonyl (C=O) groups excluding carboxylic acids is 2. The molecule has 0 saturated heterocycles. The minimum atomic E-state index is -0.659. The molecule has 1 N–H and O–H groups in total. The van der Waals surface area contributed by atoms with Gasteiger partial charge in [0, 0.05) is 16.6 Å². The molecule has 4 rings (SSSR count). The molecule has 0 aromatic heterocycles. The van der Waals surface area contributed by atoms with Gasteiger partial charge in [-0.05, 0) is 49.4 Å². The van der Waals surface area contributed by atoms with Gasteiger partial charge in [-0.2, -0.15) is 5.26 Å². The van der Waals surface area contributed by atoms with Crippen molar-refractivity contribution in [2.75, 3.05) is 18.5 Å². The summed E-state index contributed by atoms with van der Waals surface area (Å²) in [6.45, 7) is 5.48. The zero-order valence-electron chi connectivity index (χ0n) is 19.3. The fourth-order valence-corrected chi connectivity index (χ4v) is 4.35. The van der Waals surface area contributed by atoms with Gasteiger partial charge in [0.25, 0.3) is 0 Å². The number of hydrogen-bond acceptors (Lipinski definition) is 6. The van der Waals surface area contributed by atoms with E-state index in [0.29, 0.717) is 27.9 Å². The Morgan fingerprint density at radius 3 is 1.97 bits per heavy atom. The fourth-order valence-electron chi connectivity index (χ4n) is 4.35. The predicted molar refractivity (Wildman–Crippen MR) is 132 cm³/mol. The van der Waals surface area contributed by atoms with Crippen molar-refractivity contribution in [3.8, 4) is 17.2 Å². The first-order chi connectivity index (χ1) is 16.5. The number of carbonyl (C=O) groups is 2. The number of esters is 2. The van der Waals surface area contributed by atoms with E-state index in [1.165, 1.54) is 0 Å². The highest BCUT2D eigenvalue weighted by atomic mass is 16.5. The van der Waals surface area contributed by atoms with Gasteiger partial charge in [-0.25, -0.2) is 9.59 Å². The molecule has 2 aromatic carbocycles. The van der Waals surface area contributed by atoms with Crippen LogP contribution >= 0.6 is 0 Å². The summed E-state index contributed by atoms with van der Waals surface area (Å²) in [6.07, 6.45) is 0. The second kappa shape index (κ2) is 9.63. The van der Waals surface area contributed by atoms with Crippen LogP contribution in [0.1, 0.15) is 45.7 Å². The van der Waals surface area contributed by atoms with E-state index in [0.717, 1.165) is 16.5 Å². The van der Waals surface area contributed by atoms with Crippen LogP contribution in [-0.4, -0.2) is 25.2 Å². The Bertz CT molecular complexity index is 1400. The van der Waals surface area contributed by atoms with Crippen molar-refractivity contribution < 1.29 is 19.1 Å². The van der Waals surface area contributed by atoms with Gasteiger partial charge < -0.3 is 14.8 Å². The molecule has 6 heteroatoms. The lowest BCUT2D eigenvalue weighted by atomic mass is 9.92. The second-order valence-corrected chi connectivity index (χ2v) is 7.66. The molecule has 6 nitrogen and oxygen atoms in total. The number of aryl methyl sites for hydroxylation is 1. The molecular weight excluding hydrogens is 428 g/mol. The van der Waals surface area contributed by atoms with Gasteiger partial charge in [-0.3, -0.25) is 0 Å². The largest absolute Gasteiger partial charge is 0.462 e. The van der Waals surface area contributed by atoms with Gasteiger partial charge in [0.1, 0.15) is 6.07 Å². The van der Waals surface area contributed by atoms with Crippen LogP contribution in [-0.2, 0) is 9.47 Å². The Balaban J connectivity index is 2.24. The average Bonchev–Trinajstić information content (AvgIpc) is 2.96. The highest BCUT2D eigenvalue weighted by molar-refractivity contribution is 6.23. The average molecular weight is 453 g/mol. The van der Waals surface area contributed by atoms with Crippen molar-refractivity contribution in [1.82, 2.24) is 0 Å². The number of rotatable bonds is 6. The Morgan fingerprint density at radius 2 is 1.38 bits per heavy atom.